The van der Waals surface area contributed by atoms with Gasteiger partial charge in [-0.15, -0.1) is 0 Å². The molecule has 0 bridgehead atoms. The zero-order chi connectivity index (χ0) is 19.7. The second kappa shape index (κ2) is 8.67. The van der Waals surface area contributed by atoms with Crippen molar-refractivity contribution in [3.8, 4) is 11.5 Å². The predicted octanol–water partition coefficient (Wildman–Crippen LogP) is 0.561. The summed E-state index contributed by atoms with van der Waals surface area (Å²) < 4.78 is 36.8. The molecule has 4 rings (SSSR count). The van der Waals surface area contributed by atoms with E-state index in [1.54, 1.807) is 19.2 Å². The van der Waals surface area contributed by atoms with Crippen LogP contribution in [-0.2, 0) is 5.72 Å². The predicted molar refractivity (Wildman–Crippen MR) is 101 cm³/mol. The monoisotopic (exact) mass is 468 g/mol. The number of alkyl halides is 2. The Morgan fingerprint density at radius 3 is 2.31 bits per heavy atom. The summed E-state index contributed by atoms with van der Waals surface area (Å²) in [7, 11) is 1.61. The normalized spacial score (nSPS) is 21.1. The Balaban J connectivity index is 0.00000240. The van der Waals surface area contributed by atoms with Gasteiger partial charge in [0, 0.05) is 12.0 Å². The number of anilines is 1. The third-order valence-corrected chi connectivity index (χ3v) is 5.36. The highest BCUT2D eigenvalue weighted by Crippen LogP contribution is 2.39. The van der Waals surface area contributed by atoms with Crippen LogP contribution in [-0.4, -0.2) is 42.3 Å². The Morgan fingerprint density at radius 1 is 1.03 bits per heavy atom. The van der Waals surface area contributed by atoms with Crippen molar-refractivity contribution in [2.24, 2.45) is 0 Å². The Morgan fingerprint density at radius 2 is 1.69 bits per heavy atom. The molecule has 1 N–H and O–H groups in total. The van der Waals surface area contributed by atoms with Crippen LogP contribution >= 0.6 is 0 Å². The molecule has 0 radical (unpaired) electrons. The standard InChI is InChI=1S/C21H23F2N2O3.BrH/c1-27-17-11-7-16(8-12-17)25-19-4-2-3-13-24(19)14-21(25,26)15-5-9-18(10-6-15)28-20(22)23;/h5-12,20,26H,2-4,13-14H2,1H3;1H/q+1;/p-1. The van der Waals surface area contributed by atoms with Gasteiger partial charge >= 0.3 is 6.61 Å². The first kappa shape index (κ1) is 21.5. The summed E-state index contributed by atoms with van der Waals surface area (Å²) in [6.07, 6.45) is 3.02. The lowest BCUT2D eigenvalue weighted by molar-refractivity contribution is -0.538. The third-order valence-electron chi connectivity index (χ3n) is 5.36. The van der Waals surface area contributed by atoms with Gasteiger partial charge in [-0.25, -0.2) is 0 Å². The lowest BCUT2D eigenvalue weighted by Gasteiger charge is -2.29. The van der Waals surface area contributed by atoms with Crippen molar-refractivity contribution >= 4 is 11.5 Å². The average molecular weight is 469 g/mol. The molecule has 2 aromatic rings. The lowest BCUT2D eigenvalue weighted by atomic mass is 10.0. The molecule has 0 saturated carbocycles. The van der Waals surface area contributed by atoms with Crippen LogP contribution in [0.3, 0.4) is 0 Å². The minimum Gasteiger partial charge on any atom is -1.00 e. The number of methoxy groups -OCH3 is 1. The molecule has 1 atom stereocenters. The quantitative estimate of drug-likeness (QED) is 0.651. The summed E-state index contributed by atoms with van der Waals surface area (Å²) in [5.41, 5.74) is 0.194. The molecule has 0 spiro atoms. The fourth-order valence-corrected chi connectivity index (χ4v) is 4.06. The van der Waals surface area contributed by atoms with Crippen LogP contribution in [0, 0.1) is 0 Å². The molecule has 0 fully saturated rings. The summed E-state index contributed by atoms with van der Waals surface area (Å²) >= 11 is 0. The van der Waals surface area contributed by atoms with Crippen LogP contribution in [0.1, 0.15) is 24.8 Å². The molecule has 0 aromatic heterocycles. The van der Waals surface area contributed by atoms with Crippen LogP contribution in [0.5, 0.6) is 11.5 Å². The number of amidine groups is 1. The van der Waals surface area contributed by atoms with E-state index in [1.165, 1.54) is 12.1 Å². The average Bonchev–Trinajstić information content (AvgIpc) is 3.01. The molecule has 156 valence electrons. The summed E-state index contributed by atoms with van der Waals surface area (Å²) in [5.74, 6) is 1.89. The maximum absolute atomic E-state index is 12.4. The maximum Gasteiger partial charge on any atom is 0.387 e. The van der Waals surface area contributed by atoms with Gasteiger partial charge in [-0.1, -0.05) is 0 Å². The van der Waals surface area contributed by atoms with Gasteiger partial charge in [0.15, 0.2) is 6.54 Å². The zero-order valence-corrected chi connectivity index (χ0v) is 17.6. The first-order chi connectivity index (χ1) is 13.5. The molecular formula is C21H23BrF2N2O3. The molecule has 2 aliphatic heterocycles. The fourth-order valence-electron chi connectivity index (χ4n) is 4.06. The summed E-state index contributed by atoms with van der Waals surface area (Å²) in [6, 6.07) is 13.8. The van der Waals surface area contributed by atoms with Crippen molar-refractivity contribution < 1.29 is 44.9 Å². The molecule has 2 aliphatic rings. The minimum absolute atomic E-state index is 0. The Kier molecular flexibility index (Phi) is 6.43. The van der Waals surface area contributed by atoms with Crippen LogP contribution in [0.25, 0.3) is 0 Å². The summed E-state index contributed by atoms with van der Waals surface area (Å²) in [6.45, 7) is -1.57. The molecule has 0 saturated heterocycles. The Hall–Kier alpha value is -2.19. The van der Waals surface area contributed by atoms with Crippen LogP contribution < -0.4 is 31.4 Å². The van der Waals surface area contributed by atoms with Crippen molar-refractivity contribution in [2.75, 3.05) is 25.1 Å². The second-order valence-corrected chi connectivity index (χ2v) is 7.05. The molecule has 2 heterocycles. The van der Waals surface area contributed by atoms with Crippen LogP contribution in [0.4, 0.5) is 14.5 Å². The fraction of sp³-hybridized carbons (Fsp3) is 0.381. The van der Waals surface area contributed by atoms with Crippen molar-refractivity contribution in [2.45, 2.75) is 31.6 Å². The number of nitrogens with zero attached hydrogens (tertiary/aromatic N) is 2. The summed E-state index contributed by atoms with van der Waals surface area (Å²) in [4.78, 5) is 1.95. The molecular weight excluding hydrogens is 446 g/mol. The van der Waals surface area contributed by atoms with Gasteiger partial charge in [-0.3, -0.25) is 4.58 Å². The van der Waals surface area contributed by atoms with Gasteiger partial charge in [0.25, 0.3) is 11.6 Å². The number of hydrogen-bond donors (Lipinski definition) is 1. The van der Waals surface area contributed by atoms with E-state index < -0.39 is 12.3 Å². The van der Waals surface area contributed by atoms with E-state index in [-0.39, 0.29) is 22.7 Å². The van der Waals surface area contributed by atoms with Gasteiger partial charge in [0.05, 0.1) is 13.7 Å². The number of aliphatic hydroxyl groups is 1. The summed E-state index contributed by atoms with van der Waals surface area (Å²) in [5, 5.41) is 11.7. The highest BCUT2D eigenvalue weighted by atomic mass is 79.9. The van der Waals surface area contributed by atoms with E-state index in [0.29, 0.717) is 12.1 Å². The van der Waals surface area contributed by atoms with Crippen molar-refractivity contribution in [1.29, 1.82) is 0 Å². The molecule has 29 heavy (non-hydrogen) atoms. The number of benzene rings is 2. The zero-order valence-electron chi connectivity index (χ0n) is 16.0. The maximum atomic E-state index is 12.4. The third kappa shape index (κ3) is 4.09. The smallest absolute Gasteiger partial charge is 0.387 e. The Labute approximate surface area is 178 Å². The second-order valence-electron chi connectivity index (χ2n) is 7.05. The minimum atomic E-state index is -2.87. The van der Waals surface area contributed by atoms with Gasteiger partial charge < -0.3 is 31.6 Å². The van der Waals surface area contributed by atoms with Crippen molar-refractivity contribution in [1.82, 2.24) is 0 Å². The van der Waals surface area contributed by atoms with Gasteiger partial charge in [-0.2, -0.15) is 13.7 Å². The molecule has 8 heteroatoms. The number of ether oxygens (including phenoxy) is 2. The number of halogens is 3. The molecule has 5 nitrogen and oxygen atoms in total. The highest BCUT2D eigenvalue weighted by Gasteiger charge is 2.54. The van der Waals surface area contributed by atoms with Crippen LogP contribution in [0.2, 0.25) is 0 Å². The van der Waals surface area contributed by atoms with E-state index in [2.05, 4.69) is 9.31 Å². The van der Waals surface area contributed by atoms with E-state index in [4.69, 9.17) is 4.74 Å². The van der Waals surface area contributed by atoms with E-state index in [0.717, 1.165) is 43.1 Å². The Bertz CT molecular complexity index is 874. The molecule has 0 amide bonds. The topological polar surface area (TPSA) is 44.9 Å². The number of rotatable bonds is 5. The highest BCUT2D eigenvalue weighted by molar-refractivity contribution is 5.97. The SMILES string of the molecule is COc1ccc(N2C3=[N+](CCCC3)CC2(O)c2ccc(OC(F)F)cc2)cc1.[Br-]. The van der Waals surface area contributed by atoms with E-state index in [9.17, 15) is 13.9 Å². The van der Waals surface area contributed by atoms with Crippen molar-refractivity contribution in [3.05, 3.63) is 54.1 Å². The van der Waals surface area contributed by atoms with E-state index in [1.807, 2.05) is 29.2 Å². The first-order valence-electron chi connectivity index (χ1n) is 9.34. The van der Waals surface area contributed by atoms with Crippen LogP contribution in [0.15, 0.2) is 48.5 Å². The lowest BCUT2D eigenvalue weighted by Crippen LogP contribution is -3.00. The van der Waals surface area contributed by atoms with Crippen molar-refractivity contribution in [3.63, 3.8) is 0 Å². The van der Waals surface area contributed by atoms with Gasteiger partial charge in [0.2, 0.25) is 0 Å². The molecule has 1 unspecified atom stereocenters. The van der Waals surface area contributed by atoms with Gasteiger partial charge in [0.1, 0.15) is 17.2 Å². The van der Waals surface area contributed by atoms with E-state index >= 15 is 0 Å². The molecule has 2 aromatic carbocycles. The largest absolute Gasteiger partial charge is 1.00 e. The number of hydrogen-bond acceptors (Lipinski definition) is 4. The molecule has 0 aliphatic carbocycles. The first-order valence-corrected chi connectivity index (χ1v) is 9.34. The van der Waals surface area contributed by atoms with Gasteiger partial charge in [-0.05, 0) is 61.4 Å².